The van der Waals surface area contributed by atoms with Crippen molar-refractivity contribution in [1.29, 1.82) is 0 Å². The second-order valence-corrected chi connectivity index (χ2v) is 13.9. The molecule has 2 heterocycles. The van der Waals surface area contributed by atoms with E-state index in [2.05, 4.69) is 22.5 Å². The van der Waals surface area contributed by atoms with Crippen molar-refractivity contribution in [3.8, 4) is 0 Å². The van der Waals surface area contributed by atoms with E-state index in [0.29, 0.717) is 44.7 Å². The predicted octanol–water partition coefficient (Wildman–Crippen LogP) is 8.96. The number of piperidine rings is 1. The van der Waals surface area contributed by atoms with Crippen molar-refractivity contribution >= 4 is 69.0 Å². The maximum Gasteiger partial charge on any atom is 0.402 e. The van der Waals surface area contributed by atoms with E-state index >= 15 is 0 Å². The minimum Gasteiger partial charge on any atom is -0.371 e. The number of nitrogens with one attached hydrogen (secondary N) is 2. The van der Waals surface area contributed by atoms with E-state index in [1.165, 1.54) is 18.2 Å². The Labute approximate surface area is 290 Å². The van der Waals surface area contributed by atoms with Crippen molar-refractivity contribution < 1.29 is 27.2 Å². The van der Waals surface area contributed by atoms with Gasteiger partial charge in [-0.3, -0.25) is 9.59 Å². The largest absolute Gasteiger partial charge is 0.402 e. The number of benzene rings is 3. The third kappa shape index (κ3) is 7.23. The van der Waals surface area contributed by atoms with Crippen molar-refractivity contribution in [2.45, 2.75) is 52.8 Å². The summed E-state index contributed by atoms with van der Waals surface area (Å²) in [5.74, 6) is -1.06. The predicted molar refractivity (Wildman–Crippen MR) is 182 cm³/mol. The first-order valence-corrected chi connectivity index (χ1v) is 16.4. The molecule has 0 spiro atoms. The number of nitrogens with zero attached hydrogens (tertiary/aromatic N) is 3. The molecule has 1 saturated heterocycles. The van der Waals surface area contributed by atoms with Crippen LogP contribution in [0.15, 0.2) is 42.5 Å². The maximum atomic E-state index is 13.8. The quantitative estimate of drug-likeness (QED) is 0.178. The normalized spacial score (nSPS) is 14.4. The Morgan fingerprint density at radius 3 is 2.33 bits per heavy atom. The summed E-state index contributed by atoms with van der Waals surface area (Å²) in [6, 6.07) is 10.7. The number of anilines is 2. The zero-order valence-corrected chi connectivity index (χ0v) is 28.9. The van der Waals surface area contributed by atoms with Gasteiger partial charge in [0.15, 0.2) is 0 Å². The van der Waals surface area contributed by atoms with Crippen molar-refractivity contribution in [3.63, 3.8) is 0 Å². The number of halogens is 7. The molecule has 1 aliphatic rings. The lowest BCUT2D eigenvalue weighted by atomic mass is 9.91. The van der Waals surface area contributed by atoms with Gasteiger partial charge in [-0.25, -0.2) is 9.37 Å². The van der Waals surface area contributed by atoms with Crippen molar-refractivity contribution in [2.24, 2.45) is 18.4 Å². The molecule has 256 valence electrons. The van der Waals surface area contributed by atoms with Crippen LogP contribution in [-0.2, 0) is 24.8 Å². The van der Waals surface area contributed by atoms with Crippen LogP contribution in [0.5, 0.6) is 0 Å². The van der Waals surface area contributed by atoms with Crippen LogP contribution in [0.1, 0.15) is 60.9 Å². The van der Waals surface area contributed by atoms with Gasteiger partial charge in [0.05, 0.1) is 32.3 Å². The summed E-state index contributed by atoms with van der Waals surface area (Å²) in [7, 11) is 1.83. The third-order valence-electron chi connectivity index (χ3n) is 8.95. The number of aromatic nitrogens is 2. The number of amides is 2. The van der Waals surface area contributed by atoms with Crippen LogP contribution in [0.3, 0.4) is 0 Å². The number of fused-ring (bicyclic) bond motifs is 1. The lowest BCUT2D eigenvalue weighted by Crippen LogP contribution is -2.46. The first-order valence-electron chi connectivity index (χ1n) is 15.3. The number of alkyl halides is 3. The number of hydrogen-bond acceptors (Lipinski definition) is 4. The van der Waals surface area contributed by atoms with Gasteiger partial charge in [0.25, 0.3) is 5.91 Å². The van der Waals surface area contributed by atoms with E-state index in [1.807, 2.05) is 17.7 Å². The summed E-state index contributed by atoms with van der Waals surface area (Å²) in [6.45, 7) is 5.10. The standard InChI is InChI=1S/C34H34Cl3F4N5O2/c1-18-9-11-46(12-10-18)27-16-28-26(14-22(27)31(47)43-20-6-8-25(38)24(36)13-20)44-29(45(28)4)15-21-23(35)7-5-19(30(21)37)17-42-32(48)33(2,3)34(39,40)41/h5-8,13-14,16,18H,9-12,15,17H2,1-4H3,(H,42,48)(H,43,47). The van der Waals surface area contributed by atoms with Crippen LogP contribution in [0, 0.1) is 17.2 Å². The van der Waals surface area contributed by atoms with Crippen LogP contribution < -0.4 is 15.5 Å². The highest BCUT2D eigenvalue weighted by Crippen LogP contribution is 2.38. The minimum atomic E-state index is -4.73. The number of imidazole rings is 1. The molecule has 0 aliphatic carbocycles. The van der Waals surface area contributed by atoms with Gasteiger partial charge in [-0.1, -0.05) is 47.8 Å². The van der Waals surface area contributed by atoms with Gasteiger partial charge in [-0.05, 0) is 80.1 Å². The van der Waals surface area contributed by atoms with E-state index < -0.39 is 29.2 Å². The minimum absolute atomic E-state index is 0.114. The topological polar surface area (TPSA) is 79.3 Å². The first kappa shape index (κ1) is 35.8. The average Bonchev–Trinajstić information content (AvgIpc) is 3.33. The number of carbonyl (C=O) groups excluding carboxylic acids is 2. The molecule has 0 bridgehead atoms. The molecule has 7 nitrogen and oxygen atoms in total. The summed E-state index contributed by atoms with van der Waals surface area (Å²) >= 11 is 19.2. The molecule has 1 aliphatic heterocycles. The molecule has 0 radical (unpaired) electrons. The Balaban J connectivity index is 1.48. The van der Waals surface area contributed by atoms with E-state index in [0.717, 1.165) is 51.0 Å². The summed E-state index contributed by atoms with van der Waals surface area (Å²) in [5.41, 5.74) is 1.03. The Bertz CT molecular complexity index is 1890. The summed E-state index contributed by atoms with van der Waals surface area (Å²) in [5, 5.41) is 5.55. The highest BCUT2D eigenvalue weighted by atomic mass is 35.5. The summed E-state index contributed by atoms with van der Waals surface area (Å²) < 4.78 is 55.7. The fourth-order valence-corrected chi connectivity index (χ4v) is 6.28. The molecule has 0 saturated carbocycles. The summed E-state index contributed by atoms with van der Waals surface area (Å²) in [4.78, 5) is 33.0. The molecule has 0 unspecified atom stereocenters. The molecule has 4 aromatic rings. The monoisotopic (exact) mass is 725 g/mol. The fraction of sp³-hybridized carbons (Fsp3) is 0.382. The Hall–Kier alpha value is -3.54. The van der Waals surface area contributed by atoms with Gasteiger partial charge < -0.3 is 20.1 Å². The van der Waals surface area contributed by atoms with Crippen LogP contribution in [0.4, 0.5) is 28.9 Å². The lowest BCUT2D eigenvalue weighted by molar-refractivity contribution is -0.211. The average molecular weight is 727 g/mol. The number of hydrogen-bond donors (Lipinski definition) is 2. The van der Waals surface area contributed by atoms with Crippen molar-refractivity contribution in [2.75, 3.05) is 23.3 Å². The molecule has 2 N–H and O–H groups in total. The molecule has 48 heavy (non-hydrogen) atoms. The van der Waals surface area contributed by atoms with Crippen molar-refractivity contribution in [3.05, 3.63) is 85.9 Å². The second-order valence-electron chi connectivity index (χ2n) is 12.7. The molecule has 5 rings (SSSR count). The van der Waals surface area contributed by atoms with Gasteiger partial charge in [-0.15, -0.1) is 0 Å². The Morgan fingerprint density at radius 1 is 1.00 bits per heavy atom. The Morgan fingerprint density at radius 2 is 1.69 bits per heavy atom. The first-order chi connectivity index (χ1) is 22.5. The highest BCUT2D eigenvalue weighted by Gasteiger charge is 2.52. The van der Waals surface area contributed by atoms with Crippen LogP contribution in [0.2, 0.25) is 15.1 Å². The van der Waals surface area contributed by atoms with Crippen LogP contribution in [0.25, 0.3) is 11.0 Å². The lowest BCUT2D eigenvalue weighted by Gasteiger charge is -2.33. The molecule has 3 aromatic carbocycles. The SMILES string of the molecule is CC1CCN(c2cc3c(cc2C(=O)Nc2ccc(F)c(Cl)c2)nc(Cc2c(Cl)ccc(CNC(=O)C(C)(C)C(F)(F)F)c2Cl)n3C)CC1. The number of rotatable bonds is 8. The van der Waals surface area contributed by atoms with E-state index in [9.17, 15) is 27.2 Å². The third-order valence-corrected chi connectivity index (χ3v) is 10.1. The van der Waals surface area contributed by atoms with Gasteiger partial charge in [0.1, 0.15) is 17.1 Å². The van der Waals surface area contributed by atoms with Gasteiger partial charge in [0.2, 0.25) is 5.91 Å². The smallest absolute Gasteiger partial charge is 0.371 e. The summed E-state index contributed by atoms with van der Waals surface area (Å²) in [6.07, 6.45) is -2.64. The Kier molecular flexibility index (Phi) is 10.3. The highest BCUT2D eigenvalue weighted by molar-refractivity contribution is 6.36. The molecular formula is C34H34Cl3F4N5O2. The molecule has 1 aromatic heterocycles. The zero-order valence-electron chi connectivity index (χ0n) is 26.7. The molecule has 1 fully saturated rings. The zero-order chi connectivity index (χ0) is 35.1. The number of carbonyl (C=O) groups is 2. The molecular weight excluding hydrogens is 693 g/mol. The van der Waals surface area contributed by atoms with Crippen molar-refractivity contribution in [1.82, 2.24) is 14.9 Å². The molecule has 0 atom stereocenters. The van der Waals surface area contributed by atoms with E-state index in [-0.39, 0.29) is 23.0 Å². The molecule has 2 amide bonds. The van der Waals surface area contributed by atoms with Gasteiger partial charge >= 0.3 is 6.18 Å². The van der Waals surface area contributed by atoms with Crippen LogP contribution >= 0.6 is 34.8 Å². The van der Waals surface area contributed by atoms with Gasteiger partial charge in [0, 0.05) is 43.8 Å². The van der Waals surface area contributed by atoms with E-state index in [4.69, 9.17) is 39.8 Å². The maximum absolute atomic E-state index is 13.8. The van der Waals surface area contributed by atoms with E-state index in [1.54, 1.807) is 18.2 Å². The second kappa shape index (κ2) is 13.8. The molecule has 14 heteroatoms. The van der Waals surface area contributed by atoms with Gasteiger partial charge in [-0.2, -0.15) is 13.2 Å². The van der Waals surface area contributed by atoms with Crippen LogP contribution in [-0.4, -0.2) is 40.6 Å². The number of aryl methyl sites for hydroxylation is 1. The fourth-order valence-electron chi connectivity index (χ4n) is 5.53.